The minimum absolute atomic E-state index is 0.0640. The maximum Gasteiger partial charge on any atom is 0.262 e. The number of hydrogen-bond donors (Lipinski definition) is 2. The van der Waals surface area contributed by atoms with Gasteiger partial charge in [0, 0.05) is 0 Å². The van der Waals surface area contributed by atoms with Crippen molar-refractivity contribution < 1.29 is 14.6 Å². The predicted octanol–water partition coefficient (Wildman–Crippen LogP) is 2.49. The lowest BCUT2D eigenvalue weighted by molar-refractivity contribution is -0.118. The summed E-state index contributed by atoms with van der Waals surface area (Å²) in [5.41, 5.74) is 1.53. The molecule has 102 valence electrons. The highest BCUT2D eigenvalue weighted by Crippen LogP contribution is 2.41. The third kappa shape index (κ3) is 2.32. The fourth-order valence-corrected chi connectivity index (χ4v) is 3.18. The van der Waals surface area contributed by atoms with Crippen molar-refractivity contribution in [2.24, 2.45) is 11.8 Å². The van der Waals surface area contributed by atoms with E-state index in [1.807, 2.05) is 18.2 Å². The number of carbonyl (C=O) groups excluding carboxylic acids is 1. The number of fused-ring (bicyclic) bond motifs is 1. The van der Waals surface area contributed by atoms with Gasteiger partial charge in [-0.3, -0.25) is 4.79 Å². The topological polar surface area (TPSA) is 58.6 Å². The van der Waals surface area contributed by atoms with Gasteiger partial charge in [-0.05, 0) is 36.0 Å². The third-order valence-corrected chi connectivity index (χ3v) is 4.31. The fourth-order valence-electron chi connectivity index (χ4n) is 3.18. The summed E-state index contributed by atoms with van der Waals surface area (Å²) in [6.45, 7) is 2.26. The van der Waals surface area contributed by atoms with Crippen LogP contribution in [0.2, 0.25) is 0 Å². The first-order valence-electron chi connectivity index (χ1n) is 6.90. The number of benzene rings is 1. The molecular formula is C15H19NO3. The number of anilines is 1. The van der Waals surface area contributed by atoms with E-state index in [0.717, 1.165) is 12.0 Å². The van der Waals surface area contributed by atoms with Crippen LogP contribution in [0.5, 0.6) is 5.75 Å². The molecule has 4 nitrogen and oxygen atoms in total. The summed E-state index contributed by atoms with van der Waals surface area (Å²) in [7, 11) is 0. The Morgan fingerprint density at radius 1 is 1.42 bits per heavy atom. The standard InChI is InChI=1S/C15H19NO3/c1-9-3-2-4-11(9)15(18)10-5-6-13-12(7-10)16-14(17)8-19-13/h5-7,9,11,15,18H,2-4,8H2,1H3,(H,16,17). The van der Waals surface area contributed by atoms with Crippen LogP contribution in [-0.4, -0.2) is 17.6 Å². The molecule has 4 heteroatoms. The molecule has 0 radical (unpaired) electrons. The Balaban J connectivity index is 1.85. The molecule has 1 aliphatic heterocycles. The normalized spacial score (nSPS) is 27.4. The minimum Gasteiger partial charge on any atom is -0.482 e. The van der Waals surface area contributed by atoms with Crippen LogP contribution in [0, 0.1) is 11.8 Å². The van der Waals surface area contributed by atoms with Crippen LogP contribution in [0.25, 0.3) is 0 Å². The zero-order valence-corrected chi connectivity index (χ0v) is 11.1. The zero-order chi connectivity index (χ0) is 13.4. The van der Waals surface area contributed by atoms with Gasteiger partial charge in [0.1, 0.15) is 5.75 Å². The maximum absolute atomic E-state index is 11.3. The second kappa shape index (κ2) is 4.85. The molecule has 1 saturated carbocycles. The molecule has 0 aromatic heterocycles. The van der Waals surface area contributed by atoms with Gasteiger partial charge >= 0.3 is 0 Å². The molecule has 2 aliphatic rings. The summed E-state index contributed by atoms with van der Waals surface area (Å²) in [6.07, 6.45) is 2.99. The number of hydrogen-bond acceptors (Lipinski definition) is 3. The highest BCUT2D eigenvalue weighted by Gasteiger charge is 2.31. The van der Waals surface area contributed by atoms with Crippen LogP contribution >= 0.6 is 0 Å². The molecule has 3 rings (SSSR count). The Bertz CT molecular complexity index is 500. The first-order chi connectivity index (χ1) is 9.15. The van der Waals surface area contributed by atoms with Gasteiger partial charge < -0.3 is 15.2 Å². The quantitative estimate of drug-likeness (QED) is 0.860. The second-order valence-corrected chi connectivity index (χ2v) is 5.61. The van der Waals surface area contributed by atoms with E-state index in [0.29, 0.717) is 23.3 Å². The van der Waals surface area contributed by atoms with Crippen molar-refractivity contribution in [2.45, 2.75) is 32.3 Å². The van der Waals surface area contributed by atoms with E-state index >= 15 is 0 Å². The average Bonchev–Trinajstić information content (AvgIpc) is 2.83. The Morgan fingerprint density at radius 3 is 3.00 bits per heavy atom. The molecule has 1 fully saturated rings. The van der Waals surface area contributed by atoms with Crippen LogP contribution < -0.4 is 10.1 Å². The fraction of sp³-hybridized carbons (Fsp3) is 0.533. The molecule has 2 N–H and O–H groups in total. The van der Waals surface area contributed by atoms with Gasteiger partial charge in [0.2, 0.25) is 0 Å². The van der Waals surface area contributed by atoms with Crippen molar-refractivity contribution in [3.8, 4) is 5.75 Å². The lowest BCUT2D eigenvalue weighted by Crippen LogP contribution is -2.25. The molecule has 1 amide bonds. The summed E-state index contributed by atoms with van der Waals surface area (Å²) in [5.74, 6) is 1.40. The summed E-state index contributed by atoms with van der Waals surface area (Å²) in [5, 5.41) is 13.3. The van der Waals surface area contributed by atoms with Crippen molar-refractivity contribution in [3.63, 3.8) is 0 Å². The predicted molar refractivity (Wildman–Crippen MR) is 72.0 cm³/mol. The van der Waals surface area contributed by atoms with Crippen molar-refractivity contribution in [3.05, 3.63) is 23.8 Å². The largest absolute Gasteiger partial charge is 0.482 e. The lowest BCUT2D eigenvalue weighted by Gasteiger charge is -2.24. The number of amides is 1. The smallest absolute Gasteiger partial charge is 0.262 e. The number of carbonyl (C=O) groups is 1. The van der Waals surface area contributed by atoms with E-state index in [2.05, 4.69) is 12.2 Å². The van der Waals surface area contributed by atoms with Crippen LogP contribution in [0.4, 0.5) is 5.69 Å². The lowest BCUT2D eigenvalue weighted by atomic mass is 9.88. The monoisotopic (exact) mass is 261 g/mol. The third-order valence-electron chi connectivity index (χ3n) is 4.31. The van der Waals surface area contributed by atoms with Crippen molar-refractivity contribution in [1.82, 2.24) is 0 Å². The Morgan fingerprint density at radius 2 is 2.26 bits per heavy atom. The Kier molecular flexibility index (Phi) is 3.19. The SMILES string of the molecule is CC1CCCC1C(O)c1ccc2c(c1)NC(=O)CO2. The molecular weight excluding hydrogens is 242 g/mol. The van der Waals surface area contributed by atoms with E-state index in [9.17, 15) is 9.90 Å². The second-order valence-electron chi connectivity index (χ2n) is 5.61. The first-order valence-corrected chi connectivity index (χ1v) is 6.90. The molecule has 0 saturated heterocycles. The molecule has 1 aromatic rings. The highest BCUT2D eigenvalue weighted by atomic mass is 16.5. The Labute approximate surface area is 112 Å². The van der Waals surface area contributed by atoms with Gasteiger partial charge in [-0.15, -0.1) is 0 Å². The molecule has 0 bridgehead atoms. The number of rotatable bonds is 2. The van der Waals surface area contributed by atoms with E-state index < -0.39 is 6.10 Å². The van der Waals surface area contributed by atoms with Crippen LogP contribution in [0.15, 0.2) is 18.2 Å². The molecule has 0 spiro atoms. The summed E-state index contributed by atoms with van der Waals surface area (Å²) >= 11 is 0. The van der Waals surface area contributed by atoms with Crippen molar-refractivity contribution in [1.29, 1.82) is 0 Å². The average molecular weight is 261 g/mol. The number of ether oxygens (including phenoxy) is 1. The number of nitrogens with one attached hydrogen (secondary N) is 1. The highest BCUT2D eigenvalue weighted by molar-refractivity contribution is 5.95. The molecule has 1 heterocycles. The molecule has 1 aliphatic carbocycles. The van der Waals surface area contributed by atoms with Gasteiger partial charge in [-0.25, -0.2) is 0 Å². The van der Waals surface area contributed by atoms with Crippen LogP contribution in [-0.2, 0) is 4.79 Å². The summed E-state index contributed by atoms with van der Waals surface area (Å²) in [6, 6.07) is 5.56. The van der Waals surface area contributed by atoms with Gasteiger partial charge in [0.15, 0.2) is 6.61 Å². The number of aliphatic hydroxyl groups excluding tert-OH is 1. The van der Waals surface area contributed by atoms with Crippen molar-refractivity contribution >= 4 is 11.6 Å². The summed E-state index contributed by atoms with van der Waals surface area (Å²) < 4.78 is 5.32. The van der Waals surface area contributed by atoms with Crippen molar-refractivity contribution in [2.75, 3.05) is 11.9 Å². The van der Waals surface area contributed by atoms with E-state index in [1.165, 1.54) is 12.8 Å². The molecule has 1 aromatic carbocycles. The zero-order valence-electron chi connectivity index (χ0n) is 11.1. The van der Waals surface area contributed by atoms with Gasteiger partial charge in [0.25, 0.3) is 5.91 Å². The first kappa shape index (κ1) is 12.5. The molecule has 19 heavy (non-hydrogen) atoms. The maximum atomic E-state index is 11.3. The van der Waals surface area contributed by atoms with E-state index in [-0.39, 0.29) is 12.5 Å². The van der Waals surface area contributed by atoms with Gasteiger partial charge in [-0.2, -0.15) is 0 Å². The Hall–Kier alpha value is -1.55. The molecule has 3 unspecified atom stereocenters. The van der Waals surface area contributed by atoms with Crippen LogP contribution in [0.3, 0.4) is 0 Å². The van der Waals surface area contributed by atoms with Gasteiger partial charge in [0.05, 0.1) is 11.8 Å². The van der Waals surface area contributed by atoms with Crippen LogP contribution in [0.1, 0.15) is 37.9 Å². The van der Waals surface area contributed by atoms with E-state index in [1.54, 1.807) is 0 Å². The van der Waals surface area contributed by atoms with Gasteiger partial charge in [-0.1, -0.05) is 25.8 Å². The molecule has 3 atom stereocenters. The summed E-state index contributed by atoms with van der Waals surface area (Å²) in [4.78, 5) is 11.3. The minimum atomic E-state index is -0.457. The number of aliphatic hydroxyl groups is 1. The van der Waals surface area contributed by atoms with E-state index in [4.69, 9.17) is 4.74 Å².